The highest BCUT2D eigenvalue weighted by Gasteiger charge is 2.22. The molecule has 0 saturated carbocycles. The predicted octanol–water partition coefficient (Wildman–Crippen LogP) is 2.75. The molecule has 1 aromatic carbocycles. The van der Waals surface area contributed by atoms with Gasteiger partial charge >= 0.3 is 0 Å². The molecule has 1 N–H and O–H groups in total. The summed E-state index contributed by atoms with van der Waals surface area (Å²) in [5.41, 5.74) is 1.88. The highest BCUT2D eigenvalue weighted by molar-refractivity contribution is 6.00. The molecule has 0 bridgehead atoms. The fourth-order valence-electron chi connectivity index (χ4n) is 4.01. The lowest BCUT2D eigenvalue weighted by Crippen LogP contribution is -2.36. The number of nitrogens with one attached hydrogen (secondary N) is 1. The number of rotatable bonds is 6. The van der Waals surface area contributed by atoms with E-state index in [1.54, 1.807) is 12.3 Å². The van der Waals surface area contributed by atoms with Gasteiger partial charge in [-0.15, -0.1) is 0 Å². The molecule has 0 spiro atoms. The first-order valence-corrected chi connectivity index (χ1v) is 10.7. The Balaban J connectivity index is 1.45. The molecule has 2 aliphatic rings. The van der Waals surface area contributed by atoms with Gasteiger partial charge in [0.15, 0.2) is 0 Å². The molecule has 31 heavy (non-hydrogen) atoms. The van der Waals surface area contributed by atoms with Crippen LogP contribution in [-0.2, 0) is 11.3 Å². The van der Waals surface area contributed by atoms with Crippen LogP contribution in [0.25, 0.3) is 0 Å². The molecular formula is C22H27N5O4. The number of anilines is 2. The Morgan fingerprint density at radius 1 is 1.06 bits per heavy atom. The quantitative estimate of drug-likeness (QED) is 0.561. The van der Waals surface area contributed by atoms with Crippen molar-refractivity contribution in [1.82, 2.24) is 10.3 Å². The number of aromatic nitrogens is 1. The predicted molar refractivity (Wildman–Crippen MR) is 118 cm³/mol. The minimum absolute atomic E-state index is 0.0811. The van der Waals surface area contributed by atoms with E-state index in [1.807, 2.05) is 12.1 Å². The van der Waals surface area contributed by atoms with E-state index in [9.17, 15) is 14.9 Å². The largest absolute Gasteiger partial charge is 0.378 e. The summed E-state index contributed by atoms with van der Waals surface area (Å²) in [5.74, 6) is 0.575. The summed E-state index contributed by atoms with van der Waals surface area (Å²) < 4.78 is 5.37. The van der Waals surface area contributed by atoms with Gasteiger partial charge in [-0.25, -0.2) is 4.98 Å². The Labute approximate surface area is 181 Å². The second kappa shape index (κ2) is 9.74. The molecule has 164 valence electrons. The van der Waals surface area contributed by atoms with Gasteiger partial charge in [-0.05, 0) is 37.0 Å². The van der Waals surface area contributed by atoms with E-state index < -0.39 is 4.92 Å². The molecule has 1 aromatic heterocycles. The van der Waals surface area contributed by atoms with Crippen molar-refractivity contribution < 1.29 is 14.5 Å². The van der Waals surface area contributed by atoms with Crippen molar-refractivity contribution in [3.63, 3.8) is 0 Å². The minimum atomic E-state index is -0.467. The van der Waals surface area contributed by atoms with Crippen LogP contribution >= 0.6 is 0 Å². The number of carbonyl (C=O) groups is 1. The lowest BCUT2D eigenvalue weighted by Gasteiger charge is -2.30. The van der Waals surface area contributed by atoms with Crippen molar-refractivity contribution in [2.24, 2.45) is 0 Å². The van der Waals surface area contributed by atoms with Crippen LogP contribution < -0.4 is 15.1 Å². The Hall–Kier alpha value is -3.20. The number of nitrogens with zero attached hydrogens (tertiary/aromatic N) is 4. The average Bonchev–Trinajstić information content (AvgIpc) is 2.83. The Morgan fingerprint density at radius 2 is 1.84 bits per heavy atom. The van der Waals surface area contributed by atoms with Crippen molar-refractivity contribution in [2.45, 2.75) is 25.8 Å². The third-order valence-electron chi connectivity index (χ3n) is 5.73. The van der Waals surface area contributed by atoms with Gasteiger partial charge < -0.3 is 19.9 Å². The summed E-state index contributed by atoms with van der Waals surface area (Å²) in [6.07, 6.45) is 5.03. The number of morpholine rings is 1. The number of non-ortho nitro benzene ring substituents is 1. The minimum Gasteiger partial charge on any atom is -0.378 e. The lowest BCUT2D eigenvalue weighted by atomic mass is 10.1. The van der Waals surface area contributed by atoms with E-state index in [0.717, 1.165) is 56.1 Å². The number of pyridine rings is 1. The summed E-state index contributed by atoms with van der Waals surface area (Å²) in [6.45, 7) is 5.03. The molecule has 9 nitrogen and oxygen atoms in total. The van der Waals surface area contributed by atoms with E-state index in [0.29, 0.717) is 25.3 Å². The van der Waals surface area contributed by atoms with Crippen LogP contribution in [0.2, 0.25) is 0 Å². The second-order valence-corrected chi connectivity index (χ2v) is 7.81. The number of nitro groups is 1. The van der Waals surface area contributed by atoms with Crippen LogP contribution in [0.1, 0.15) is 35.2 Å². The van der Waals surface area contributed by atoms with Gasteiger partial charge in [0.2, 0.25) is 0 Å². The van der Waals surface area contributed by atoms with Crippen LogP contribution in [0.4, 0.5) is 17.2 Å². The molecule has 2 aromatic rings. The number of benzene rings is 1. The van der Waals surface area contributed by atoms with E-state index >= 15 is 0 Å². The van der Waals surface area contributed by atoms with Gasteiger partial charge in [0.25, 0.3) is 11.6 Å². The monoisotopic (exact) mass is 425 g/mol. The van der Waals surface area contributed by atoms with Crippen molar-refractivity contribution in [3.05, 3.63) is 57.8 Å². The standard InChI is InChI=1S/C22H27N5O4/c28-22(24-16-17-4-7-21(23-15-17)26-10-12-31-13-11-26)19-14-18(27(29)30)5-6-20(19)25-8-2-1-3-9-25/h4-7,14-15H,1-3,8-13,16H2,(H,24,28). The van der Waals surface area contributed by atoms with E-state index in [1.165, 1.54) is 18.6 Å². The van der Waals surface area contributed by atoms with Crippen LogP contribution in [-0.4, -0.2) is 55.2 Å². The van der Waals surface area contributed by atoms with Crippen LogP contribution in [0.3, 0.4) is 0 Å². The van der Waals surface area contributed by atoms with Crippen molar-refractivity contribution >= 4 is 23.1 Å². The highest BCUT2D eigenvalue weighted by atomic mass is 16.6. The van der Waals surface area contributed by atoms with Gasteiger partial charge in [-0.1, -0.05) is 6.07 Å². The third-order valence-corrected chi connectivity index (χ3v) is 5.73. The number of carbonyl (C=O) groups excluding carboxylic acids is 1. The number of hydrogen-bond acceptors (Lipinski definition) is 7. The fraction of sp³-hybridized carbons (Fsp3) is 0.455. The van der Waals surface area contributed by atoms with Gasteiger partial charge in [0, 0.05) is 51.1 Å². The van der Waals surface area contributed by atoms with Gasteiger partial charge in [0.1, 0.15) is 5.82 Å². The highest BCUT2D eigenvalue weighted by Crippen LogP contribution is 2.28. The van der Waals surface area contributed by atoms with Gasteiger partial charge in [-0.2, -0.15) is 0 Å². The maximum Gasteiger partial charge on any atom is 0.270 e. The zero-order valence-electron chi connectivity index (χ0n) is 17.5. The molecule has 0 unspecified atom stereocenters. The summed E-state index contributed by atoms with van der Waals surface area (Å²) in [5, 5.41) is 14.1. The van der Waals surface area contributed by atoms with E-state index in [4.69, 9.17) is 4.74 Å². The molecule has 4 rings (SSSR count). The summed E-state index contributed by atoms with van der Waals surface area (Å²) in [7, 11) is 0. The number of nitro benzene ring substituents is 1. The van der Waals surface area contributed by atoms with Crippen LogP contribution in [0, 0.1) is 10.1 Å². The molecule has 3 heterocycles. The molecule has 9 heteroatoms. The van der Waals surface area contributed by atoms with Gasteiger partial charge in [-0.3, -0.25) is 14.9 Å². The molecular weight excluding hydrogens is 398 g/mol. The first-order valence-electron chi connectivity index (χ1n) is 10.7. The topological polar surface area (TPSA) is 101 Å². The Bertz CT molecular complexity index is 922. The molecule has 2 aliphatic heterocycles. The normalized spacial score (nSPS) is 16.8. The maximum atomic E-state index is 13.0. The lowest BCUT2D eigenvalue weighted by molar-refractivity contribution is -0.384. The number of ether oxygens (including phenoxy) is 1. The molecule has 2 fully saturated rings. The first kappa shape index (κ1) is 21.0. The number of piperidine rings is 1. The Kier molecular flexibility index (Phi) is 6.61. The zero-order chi connectivity index (χ0) is 21.6. The smallest absolute Gasteiger partial charge is 0.270 e. The van der Waals surface area contributed by atoms with Crippen molar-refractivity contribution in [3.8, 4) is 0 Å². The molecule has 0 aliphatic carbocycles. The SMILES string of the molecule is O=C(NCc1ccc(N2CCOCC2)nc1)c1cc([N+](=O)[O-])ccc1N1CCCCC1. The zero-order valence-corrected chi connectivity index (χ0v) is 17.5. The summed E-state index contributed by atoms with van der Waals surface area (Å²) in [4.78, 5) is 32.6. The van der Waals surface area contributed by atoms with Crippen molar-refractivity contribution in [1.29, 1.82) is 0 Å². The molecule has 0 radical (unpaired) electrons. The average molecular weight is 425 g/mol. The molecule has 2 saturated heterocycles. The molecule has 0 atom stereocenters. The fourth-order valence-corrected chi connectivity index (χ4v) is 4.01. The Morgan fingerprint density at radius 3 is 2.52 bits per heavy atom. The third kappa shape index (κ3) is 5.11. The number of amides is 1. The van der Waals surface area contributed by atoms with Crippen LogP contribution in [0.5, 0.6) is 0 Å². The van der Waals surface area contributed by atoms with E-state index in [2.05, 4.69) is 20.1 Å². The first-order chi connectivity index (χ1) is 15.1. The second-order valence-electron chi connectivity index (χ2n) is 7.81. The van der Waals surface area contributed by atoms with Crippen LogP contribution in [0.15, 0.2) is 36.5 Å². The maximum absolute atomic E-state index is 13.0. The van der Waals surface area contributed by atoms with Gasteiger partial charge in [0.05, 0.1) is 29.4 Å². The number of hydrogen-bond donors (Lipinski definition) is 1. The molecule has 1 amide bonds. The van der Waals surface area contributed by atoms with E-state index in [-0.39, 0.29) is 11.6 Å². The summed E-state index contributed by atoms with van der Waals surface area (Å²) in [6, 6.07) is 8.42. The summed E-state index contributed by atoms with van der Waals surface area (Å²) >= 11 is 0. The van der Waals surface area contributed by atoms with Crippen molar-refractivity contribution in [2.75, 3.05) is 49.2 Å².